The number of urea groups is 1. The highest BCUT2D eigenvalue weighted by molar-refractivity contribution is 6.07. The highest BCUT2D eigenvalue weighted by Crippen LogP contribution is 2.15. The smallest absolute Gasteiger partial charge is 0.337 e. The van der Waals surface area contributed by atoms with Crippen molar-refractivity contribution in [2.75, 3.05) is 25.5 Å². The number of carbonyl (C=O) groups is 4. The molecule has 21 heavy (non-hydrogen) atoms. The summed E-state index contributed by atoms with van der Waals surface area (Å²) in [6.07, 6.45) is 0. The van der Waals surface area contributed by atoms with E-state index in [1.807, 2.05) is 0 Å². The molecule has 4 amide bonds. The second kappa shape index (κ2) is 5.61. The molecule has 2 rings (SSSR count). The van der Waals surface area contributed by atoms with Crippen molar-refractivity contribution in [1.29, 1.82) is 0 Å². The fourth-order valence-corrected chi connectivity index (χ4v) is 1.94. The average Bonchev–Trinajstić information content (AvgIpc) is 2.66. The predicted octanol–water partition coefficient (Wildman–Crippen LogP) is 0.217. The number of hydrogen-bond donors (Lipinski definition) is 2. The SMILES string of the molecule is CN1CC(=O)N(CC(=O)Nc2ccccc2C(=O)O)C1=O. The molecule has 1 fully saturated rings. The summed E-state index contributed by atoms with van der Waals surface area (Å²) in [7, 11) is 1.46. The second-order valence-corrected chi connectivity index (χ2v) is 4.52. The predicted molar refractivity (Wildman–Crippen MR) is 71.8 cm³/mol. The zero-order chi connectivity index (χ0) is 15.6. The lowest BCUT2D eigenvalue weighted by atomic mass is 10.2. The molecule has 0 bridgehead atoms. The minimum atomic E-state index is -1.18. The van der Waals surface area contributed by atoms with E-state index in [0.29, 0.717) is 0 Å². The van der Waals surface area contributed by atoms with Gasteiger partial charge in [-0.3, -0.25) is 14.5 Å². The van der Waals surface area contributed by atoms with Gasteiger partial charge in [-0.15, -0.1) is 0 Å². The number of imide groups is 1. The molecule has 8 heteroatoms. The number of nitrogens with zero attached hydrogens (tertiary/aromatic N) is 2. The van der Waals surface area contributed by atoms with E-state index in [0.717, 1.165) is 4.90 Å². The Kier molecular flexibility index (Phi) is 3.88. The van der Waals surface area contributed by atoms with Crippen molar-refractivity contribution >= 4 is 29.5 Å². The molecule has 0 radical (unpaired) electrons. The number of aromatic carboxylic acids is 1. The van der Waals surface area contributed by atoms with Crippen LogP contribution in [-0.4, -0.2) is 58.9 Å². The van der Waals surface area contributed by atoms with Crippen LogP contribution in [0.2, 0.25) is 0 Å². The third-order valence-electron chi connectivity index (χ3n) is 2.96. The first-order valence-corrected chi connectivity index (χ1v) is 6.08. The van der Waals surface area contributed by atoms with Crippen LogP contribution in [0, 0.1) is 0 Å². The van der Waals surface area contributed by atoms with E-state index in [4.69, 9.17) is 5.11 Å². The summed E-state index contributed by atoms with van der Waals surface area (Å²) in [5.74, 6) is -2.29. The third kappa shape index (κ3) is 2.99. The normalized spacial score (nSPS) is 14.5. The number of rotatable bonds is 4. The van der Waals surface area contributed by atoms with Crippen LogP contribution < -0.4 is 5.32 Å². The number of anilines is 1. The number of carbonyl (C=O) groups excluding carboxylic acids is 3. The van der Waals surface area contributed by atoms with E-state index >= 15 is 0 Å². The fourth-order valence-electron chi connectivity index (χ4n) is 1.94. The molecule has 1 aromatic rings. The highest BCUT2D eigenvalue weighted by atomic mass is 16.4. The Hall–Kier alpha value is -2.90. The molecule has 0 spiro atoms. The number of benzene rings is 1. The molecule has 8 nitrogen and oxygen atoms in total. The number of carboxylic acid groups (broad SMARTS) is 1. The van der Waals surface area contributed by atoms with Crippen LogP contribution in [0.4, 0.5) is 10.5 Å². The first-order valence-electron chi connectivity index (χ1n) is 6.08. The molecule has 1 aliphatic rings. The zero-order valence-corrected chi connectivity index (χ0v) is 11.2. The van der Waals surface area contributed by atoms with E-state index in [2.05, 4.69) is 5.32 Å². The van der Waals surface area contributed by atoms with E-state index in [1.54, 1.807) is 6.07 Å². The molecule has 1 aliphatic heterocycles. The lowest BCUT2D eigenvalue weighted by Crippen LogP contribution is -2.38. The Labute approximate surface area is 119 Å². The molecule has 2 N–H and O–H groups in total. The maximum absolute atomic E-state index is 11.9. The highest BCUT2D eigenvalue weighted by Gasteiger charge is 2.34. The van der Waals surface area contributed by atoms with Gasteiger partial charge in [-0.2, -0.15) is 0 Å². The maximum Gasteiger partial charge on any atom is 0.337 e. The van der Waals surface area contributed by atoms with E-state index < -0.39 is 30.4 Å². The zero-order valence-electron chi connectivity index (χ0n) is 11.2. The number of likely N-dealkylation sites (N-methyl/N-ethyl adjacent to an activating group) is 1. The minimum absolute atomic E-state index is 0.0676. The van der Waals surface area contributed by atoms with Gasteiger partial charge < -0.3 is 15.3 Å². The number of para-hydroxylation sites is 1. The molecule has 0 aromatic heterocycles. The van der Waals surface area contributed by atoms with E-state index in [1.165, 1.54) is 30.1 Å². The van der Waals surface area contributed by atoms with Crippen LogP contribution in [0.25, 0.3) is 0 Å². The van der Waals surface area contributed by atoms with Gasteiger partial charge in [0.05, 0.1) is 11.3 Å². The molecular formula is C13H13N3O5. The van der Waals surface area contributed by atoms with Crippen molar-refractivity contribution < 1.29 is 24.3 Å². The minimum Gasteiger partial charge on any atom is -0.478 e. The number of amides is 4. The lowest BCUT2D eigenvalue weighted by molar-refractivity contribution is -0.129. The van der Waals surface area contributed by atoms with Crippen LogP contribution in [-0.2, 0) is 9.59 Å². The monoisotopic (exact) mass is 291 g/mol. The van der Waals surface area contributed by atoms with Gasteiger partial charge in [0.2, 0.25) is 5.91 Å². The Morgan fingerprint density at radius 3 is 2.52 bits per heavy atom. The lowest BCUT2D eigenvalue weighted by Gasteiger charge is -2.14. The largest absolute Gasteiger partial charge is 0.478 e. The summed E-state index contributed by atoms with van der Waals surface area (Å²) in [5.41, 5.74) is 0.0458. The molecule has 0 saturated carbocycles. The van der Waals surface area contributed by atoms with Crippen molar-refractivity contribution in [2.45, 2.75) is 0 Å². The Morgan fingerprint density at radius 2 is 1.95 bits per heavy atom. The van der Waals surface area contributed by atoms with Gasteiger partial charge in [-0.05, 0) is 12.1 Å². The van der Waals surface area contributed by atoms with Crippen molar-refractivity contribution in [1.82, 2.24) is 9.80 Å². The summed E-state index contributed by atoms with van der Waals surface area (Å²) in [5, 5.41) is 11.4. The molecule has 110 valence electrons. The number of hydrogen-bond acceptors (Lipinski definition) is 4. The summed E-state index contributed by atoms with van der Waals surface area (Å²) in [6.45, 7) is -0.520. The fraction of sp³-hybridized carbons (Fsp3) is 0.231. The molecule has 1 aromatic carbocycles. The van der Waals surface area contributed by atoms with Gasteiger partial charge >= 0.3 is 12.0 Å². The number of nitrogens with one attached hydrogen (secondary N) is 1. The number of carboxylic acids is 1. The molecule has 1 saturated heterocycles. The second-order valence-electron chi connectivity index (χ2n) is 4.52. The Morgan fingerprint density at radius 1 is 1.29 bits per heavy atom. The Bertz CT molecular complexity index is 628. The summed E-state index contributed by atoms with van der Waals surface area (Å²) < 4.78 is 0. The molecule has 0 unspecified atom stereocenters. The Balaban J connectivity index is 2.08. The van der Waals surface area contributed by atoms with E-state index in [-0.39, 0.29) is 17.8 Å². The molecular weight excluding hydrogens is 278 g/mol. The van der Waals surface area contributed by atoms with Crippen LogP contribution >= 0.6 is 0 Å². The third-order valence-corrected chi connectivity index (χ3v) is 2.96. The van der Waals surface area contributed by atoms with Crippen LogP contribution in [0.15, 0.2) is 24.3 Å². The quantitative estimate of drug-likeness (QED) is 0.771. The van der Waals surface area contributed by atoms with Crippen molar-refractivity contribution in [2.24, 2.45) is 0 Å². The topological polar surface area (TPSA) is 107 Å². The summed E-state index contributed by atoms with van der Waals surface area (Å²) >= 11 is 0. The van der Waals surface area contributed by atoms with Crippen LogP contribution in [0.3, 0.4) is 0 Å². The average molecular weight is 291 g/mol. The van der Waals surface area contributed by atoms with Gasteiger partial charge in [-0.25, -0.2) is 9.59 Å². The van der Waals surface area contributed by atoms with E-state index in [9.17, 15) is 19.2 Å². The molecule has 0 atom stereocenters. The maximum atomic E-state index is 11.9. The summed E-state index contributed by atoms with van der Waals surface area (Å²) in [4.78, 5) is 48.1. The van der Waals surface area contributed by atoms with Crippen molar-refractivity contribution in [3.8, 4) is 0 Å². The molecule has 0 aliphatic carbocycles. The van der Waals surface area contributed by atoms with Gasteiger partial charge in [0, 0.05) is 7.05 Å². The van der Waals surface area contributed by atoms with Gasteiger partial charge in [-0.1, -0.05) is 12.1 Å². The summed E-state index contributed by atoms with van der Waals surface area (Å²) in [6, 6.07) is 5.32. The van der Waals surface area contributed by atoms with Crippen LogP contribution in [0.5, 0.6) is 0 Å². The standard InChI is InChI=1S/C13H13N3O5/c1-15-7-11(18)16(13(15)21)6-10(17)14-9-5-3-2-4-8(9)12(19)20/h2-5H,6-7H2,1H3,(H,14,17)(H,19,20). The van der Waals surface area contributed by atoms with Crippen molar-refractivity contribution in [3.05, 3.63) is 29.8 Å². The molecule has 1 heterocycles. The first kappa shape index (κ1) is 14.5. The van der Waals surface area contributed by atoms with Gasteiger partial charge in [0.15, 0.2) is 0 Å². The van der Waals surface area contributed by atoms with Gasteiger partial charge in [0.1, 0.15) is 13.1 Å². The first-order chi connectivity index (χ1) is 9.90. The van der Waals surface area contributed by atoms with Crippen molar-refractivity contribution in [3.63, 3.8) is 0 Å². The van der Waals surface area contributed by atoms with Crippen LogP contribution in [0.1, 0.15) is 10.4 Å². The van der Waals surface area contributed by atoms with Gasteiger partial charge in [0.25, 0.3) is 5.91 Å².